The Morgan fingerprint density at radius 3 is 2.84 bits per heavy atom. The molecule has 2 rings (SSSR count). The highest BCUT2D eigenvalue weighted by molar-refractivity contribution is 7.86. The zero-order valence-corrected chi connectivity index (χ0v) is 10.8. The van der Waals surface area contributed by atoms with Crippen LogP contribution in [-0.2, 0) is 16.6 Å². The van der Waals surface area contributed by atoms with Crippen LogP contribution in [0.4, 0.5) is 18.3 Å². The Kier molecular flexibility index (Phi) is 4.14. The van der Waals surface area contributed by atoms with Gasteiger partial charge in [-0.1, -0.05) is 16.5 Å². The molecule has 0 aliphatic carbocycles. The summed E-state index contributed by atoms with van der Waals surface area (Å²) in [5.41, 5.74) is 0.471. The molecule has 0 aliphatic heterocycles. The van der Waals surface area contributed by atoms with E-state index in [1.54, 1.807) is 6.07 Å². The van der Waals surface area contributed by atoms with Crippen LogP contribution in [0, 0.1) is 0 Å². The maximum Gasteiger partial charge on any atom is 0.405 e. The van der Waals surface area contributed by atoms with Crippen molar-refractivity contribution in [1.29, 1.82) is 0 Å². The van der Waals surface area contributed by atoms with E-state index in [0.29, 0.717) is 5.69 Å². The first-order valence-corrected chi connectivity index (χ1v) is 6.99. The molecular formula is C8H7F3N4O2S2. The third-order valence-corrected chi connectivity index (χ3v) is 4.32. The predicted octanol–water partition coefficient (Wildman–Crippen LogP) is 1.81. The van der Waals surface area contributed by atoms with Gasteiger partial charge in [-0.25, -0.2) is 0 Å². The number of nitrogens with zero attached hydrogens (tertiary/aromatic N) is 3. The fourth-order valence-corrected chi connectivity index (χ4v) is 2.99. The fraction of sp³-hybridized carbons (Fsp3) is 0.375. The van der Waals surface area contributed by atoms with E-state index in [4.69, 9.17) is 0 Å². The van der Waals surface area contributed by atoms with Gasteiger partial charge in [-0.3, -0.25) is 4.21 Å². The minimum Gasteiger partial charge on any atom is -0.364 e. The number of rotatable bonds is 5. The van der Waals surface area contributed by atoms with Gasteiger partial charge in [0.05, 0.1) is 22.2 Å². The molecule has 0 unspecified atom stereocenters. The lowest BCUT2D eigenvalue weighted by Gasteiger charge is -2.05. The quantitative estimate of drug-likeness (QED) is 0.907. The second kappa shape index (κ2) is 5.65. The number of anilines is 1. The first-order chi connectivity index (χ1) is 8.94. The standard InChI is InChI=1S/C8H7F3N4O2S2/c9-8(10,11)4-12-6-13-14-7(18-6)19(16)3-5-1-2-17-15-5/h1-2H,3-4H2,(H,12,13)/t19-/m0/s1. The molecule has 2 aromatic rings. The molecule has 0 saturated heterocycles. The number of halogens is 3. The van der Waals surface area contributed by atoms with Crippen molar-refractivity contribution in [3.8, 4) is 0 Å². The molecule has 104 valence electrons. The van der Waals surface area contributed by atoms with Gasteiger partial charge in [0.2, 0.25) is 9.47 Å². The van der Waals surface area contributed by atoms with Crippen molar-refractivity contribution in [3.63, 3.8) is 0 Å². The summed E-state index contributed by atoms with van der Waals surface area (Å²) < 4.78 is 52.4. The second-order valence-electron chi connectivity index (χ2n) is 3.32. The molecule has 1 N–H and O–H groups in total. The summed E-state index contributed by atoms with van der Waals surface area (Å²) >= 11 is 0.812. The molecular weight excluding hydrogens is 305 g/mol. The van der Waals surface area contributed by atoms with E-state index < -0.39 is 23.5 Å². The fourth-order valence-electron chi connectivity index (χ4n) is 1.06. The van der Waals surface area contributed by atoms with Gasteiger partial charge in [0.25, 0.3) is 0 Å². The SMILES string of the molecule is O=[S@@](Cc1ccon1)c1nnc(NCC(F)(F)F)s1. The van der Waals surface area contributed by atoms with E-state index in [2.05, 4.69) is 25.2 Å². The number of hydrogen-bond donors (Lipinski definition) is 1. The van der Waals surface area contributed by atoms with Crippen molar-refractivity contribution in [3.05, 3.63) is 18.0 Å². The second-order valence-corrected chi connectivity index (χ2v) is 5.92. The van der Waals surface area contributed by atoms with Gasteiger partial charge in [-0.2, -0.15) is 13.2 Å². The zero-order valence-electron chi connectivity index (χ0n) is 9.18. The lowest BCUT2D eigenvalue weighted by molar-refractivity contribution is -0.115. The molecule has 0 radical (unpaired) electrons. The van der Waals surface area contributed by atoms with Crippen LogP contribution in [0.15, 0.2) is 21.2 Å². The zero-order chi connectivity index (χ0) is 13.9. The van der Waals surface area contributed by atoms with Gasteiger partial charge in [0.15, 0.2) is 0 Å². The summed E-state index contributed by atoms with van der Waals surface area (Å²) in [4.78, 5) is 0. The number of hydrogen-bond acceptors (Lipinski definition) is 7. The molecule has 11 heteroatoms. The van der Waals surface area contributed by atoms with E-state index in [0.717, 1.165) is 11.3 Å². The van der Waals surface area contributed by atoms with Crippen LogP contribution in [-0.4, -0.2) is 32.3 Å². The highest BCUT2D eigenvalue weighted by Crippen LogP contribution is 2.22. The van der Waals surface area contributed by atoms with Crippen LogP contribution < -0.4 is 5.32 Å². The Balaban J connectivity index is 1.95. The van der Waals surface area contributed by atoms with Crippen molar-refractivity contribution in [2.24, 2.45) is 0 Å². The van der Waals surface area contributed by atoms with E-state index in [9.17, 15) is 17.4 Å². The summed E-state index contributed by atoms with van der Waals surface area (Å²) in [7, 11) is -1.52. The summed E-state index contributed by atoms with van der Waals surface area (Å²) in [6, 6.07) is 1.54. The van der Waals surface area contributed by atoms with Crippen molar-refractivity contribution in [2.75, 3.05) is 11.9 Å². The third kappa shape index (κ3) is 4.28. The first kappa shape index (κ1) is 13.9. The van der Waals surface area contributed by atoms with Gasteiger partial charge < -0.3 is 9.84 Å². The van der Waals surface area contributed by atoms with Crippen LogP contribution >= 0.6 is 11.3 Å². The van der Waals surface area contributed by atoms with Gasteiger partial charge in [0.1, 0.15) is 12.8 Å². The smallest absolute Gasteiger partial charge is 0.364 e. The van der Waals surface area contributed by atoms with Crippen LogP contribution in [0.2, 0.25) is 0 Å². The molecule has 19 heavy (non-hydrogen) atoms. The Labute approximate surface area is 111 Å². The average Bonchev–Trinajstić information content (AvgIpc) is 2.95. The molecule has 1 atom stereocenters. The predicted molar refractivity (Wildman–Crippen MR) is 61.1 cm³/mol. The molecule has 0 fully saturated rings. The third-order valence-electron chi connectivity index (χ3n) is 1.81. The van der Waals surface area contributed by atoms with Gasteiger partial charge in [-0.15, -0.1) is 10.2 Å². The van der Waals surface area contributed by atoms with Crippen LogP contribution in [0.5, 0.6) is 0 Å². The van der Waals surface area contributed by atoms with Crippen LogP contribution in [0.3, 0.4) is 0 Å². The Morgan fingerprint density at radius 1 is 1.42 bits per heavy atom. The van der Waals surface area contributed by atoms with Crippen molar-refractivity contribution < 1.29 is 21.9 Å². The van der Waals surface area contributed by atoms with Crippen molar-refractivity contribution >= 4 is 27.3 Å². The minimum atomic E-state index is -4.34. The van der Waals surface area contributed by atoms with Gasteiger partial charge in [0, 0.05) is 6.07 Å². The van der Waals surface area contributed by atoms with Crippen molar-refractivity contribution in [2.45, 2.75) is 16.3 Å². The Morgan fingerprint density at radius 2 is 2.21 bits per heavy atom. The summed E-state index contributed by atoms with van der Waals surface area (Å²) in [6.07, 6.45) is -3.01. The Bertz CT molecular complexity index is 555. The molecule has 0 bridgehead atoms. The van der Waals surface area contributed by atoms with Gasteiger partial charge in [-0.05, 0) is 0 Å². The first-order valence-electron chi connectivity index (χ1n) is 4.86. The maximum absolute atomic E-state index is 12.0. The van der Waals surface area contributed by atoms with Crippen LogP contribution in [0.25, 0.3) is 0 Å². The number of aromatic nitrogens is 3. The van der Waals surface area contributed by atoms with E-state index in [-0.39, 0.29) is 15.2 Å². The largest absolute Gasteiger partial charge is 0.405 e. The molecule has 0 amide bonds. The molecule has 0 spiro atoms. The summed E-state index contributed by atoms with van der Waals surface area (Å²) in [6.45, 7) is -1.21. The summed E-state index contributed by atoms with van der Waals surface area (Å²) in [5, 5.41) is 12.7. The van der Waals surface area contributed by atoms with E-state index >= 15 is 0 Å². The monoisotopic (exact) mass is 312 g/mol. The van der Waals surface area contributed by atoms with E-state index in [1.165, 1.54) is 6.26 Å². The molecule has 2 aromatic heterocycles. The molecule has 6 nitrogen and oxygen atoms in total. The maximum atomic E-state index is 12.0. The summed E-state index contributed by atoms with van der Waals surface area (Å²) in [5.74, 6) is 0.0738. The molecule has 0 saturated carbocycles. The number of nitrogens with one attached hydrogen (secondary N) is 1. The number of alkyl halides is 3. The topological polar surface area (TPSA) is 80.9 Å². The minimum absolute atomic E-state index is 0.0270. The molecule has 0 aromatic carbocycles. The lowest BCUT2D eigenvalue weighted by atomic mass is 10.5. The Hall–Kier alpha value is -1.49. The van der Waals surface area contributed by atoms with Crippen molar-refractivity contribution in [1.82, 2.24) is 15.4 Å². The van der Waals surface area contributed by atoms with Crippen LogP contribution in [0.1, 0.15) is 5.69 Å². The highest BCUT2D eigenvalue weighted by Gasteiger charge is 2.27. The normalized spacial score (nSPS) is 13.4. The van der Waals surface area contributed by atoms with E-state index in [1.807, 2.05) is 0 Å². The highest BCUT2D eigenvalue weighted by atomic mass is 32.2. The molecule has 2 heterocycles. The van der Waals surface area contributed by atoms with Gasteiger partial charge >= 0.3 is 6.18 Å². The average molecular weight is 312 g/mol. The lowest BCUT2D eigenvalue weighted by Crippen LogP contribution is -2.21. The molecule has 0 aliphatic rings.